The van der Waals surface area contributed by atoms with Gasteiger partial charge in [0.2, 0.25) is 0 Å². The van der Waals surface area contributed by atoms with E-state index in [1.807, 2.05) is 4.52 Å². The number of rotatable bonds is 5. The molecule has 114 valence electrons. The van der Waals surface area contributed by atoms with Crippen LogP contribution in [-0.4, -0.2) is 33.7 Å². The second-order valence-electron chi connectivity index (χ2n) is 6.21. The smallest absolute Gasteiger partial charge is 0.157 e. The van der Waals surface area contributed by atoms with Crippen LogP contribution in [0.2, 0.25) is 0 Å². The summed E-state index contributed by atoms with van der Waals surface area (Å²) < 4.78 is 1.97. The topological polar surface area (TPSA) is 54.2 Å². The molecule has 1 aliphatic heterocycles. The maximum atomic E-state index is 4.75. The summed E-state index contributed by atoms with van der Waals surface area (Å²) in [5.74, 6) is 1.49. The molecule has 2 N–H and O–H groups in total. The van der Waals surface area contributed by atoms with Crippen molar-refractivity contribution in [1.29, 1.82) is 0 Å². The zero-order valence-electron chi connectivity index (χ0n) is 13.2. The van der Waals surface area contributed by atoms with Gasteiger partial charge < -0.3 is 10.6 Å². The second-order valence-corrected chi connectivity index (χ2v) is 6.21. The van der Waals surface area contributed by atoms with Gasteiger partial charge in [-0.1, -0.05) is 27.2 Å². The van der Waals surface area contributed by atoms with Gasteiger partial charge in [0.25, 0.3) is 0 Å². The predicted octanol–water partition coefficient (Wildman–Crippen LogP) is 2.58. The molecule has 5 nitrogen and oxygen atoms in total. The summed E-state index contributed by atoms with van der Waals surface area (Å²) >= 11 is 0. The summed E-state index contributed by atoms with van der Waals surface area (Å²) in [6.45, 7) is 8.64. The summed E-state index contributed by atoms with van der Waals surface area (Å²) in [5.41, 5.74) is 3.20. The number of fused-ring (bicyclic) bond motifs is 1. The van der Waals surface area contributed by atoms with Gasteiger partial charge >= 0.3 is 0 Å². The van der Waals surface area contributed by atoms with Crippen molar-refractivity contribution >= 4 is 11.5 Å². The lowest BCUT2D eigenvalue weighted by molar-refractivity contribution is 0.753. The lowest BCUT2D eigenvalue weighted by Crippen LogP contribution is -2.24. The van der Waals surface area contributed by atoms with Crippen LogP contribution in [0.3, 0.4) is 0 Å². The lowest BCUT2D eigenvalue weighted by Gasteiger charge is -2.15. The van der Waals surface area contributed by atoms with Crippen molar-refractivity contribution in [2.45, 2.75) is 52.0 Å². The Morgan fingerprint density at radius 2 is 2.29 bits per heavy atom. The molecule has 1 saturated heterocycles. The fraction of sp³-hybridized carbons (Fsp3) is 0.625. The number of hydrogen-bond acceptors (Lipinski definition) is 4. The van der Waals surface area contributed by atoms with E-state index in [0.717, 1.165) is 55.2 Å². The molecule has 0 aromatic carbocycles. The minimum Gasteiger partial charge on any atom is -0.366 e. The molecule has 1 atom stereocenters. The van der Waals surface area contributed by atoms with Gasteiger partial charge in [-0.3, -0.25) is 0 Å². The van der Waals surface area contributed by atoms with Crippen molar-refractivity contribution < 1.29 is 0 Å². The standard InChI is InChI=1S/C16H25N5/c1-4-5-12-8-15(19-13-6-7-17-10-13)21-16(18-12)9-14(20-21)11(2)3/h8-9,11,13,17,19H,4-7,10H2,1-3H3. The molecule has 2 aromatic heterocycles. The number of anilines is 1. The van der Waals surface area contributed by atoms with E-state index in [0.29, 0.717) is 12.0 Å². The molecule has 0 amide bonds. The number of hydrogen-bond donors (Lipinski definition) is 2. The molecular weight excluding hydrogens is 262 g/mol. The first-order valence-corrected chi connectivity index (χ1v) is 8.04. The highest BCUT2D eigenvalue weighted by Gasteiger charge is 2.17. The molecule has 3 rings (SSSR count). The van der Waals surface area contributed by atoms with Gasteiger partial charge in [0, 0.05) is 30.4 Å². The maximum absolute atomic E-state index is 4.75. The van der Waals surface area contributed by atoms with Crippen LogP contribution in [0.15, 0.2) is 12.1 Å². The first kappa shape index (κ1) is 14.3. The van der Waals surface area contributed by atoms with Crippen LogP contribution >= 0.6 is 0 Å². The average molecular weight is 287 g/mol. The quantitative estimate of drug-likeness (QED) is 0.887. The highest BCUT2D eigenvalue weighted by atomic mass is 15.3. The van der Waals surface area contributed by atoms with Crippen molar-refractivity contribution in [2.24, 2.45) is 0 Å². The van der Waals surface area contributed by atoms with Crippen molar-refractivity contribution in [2.75, 3.05) is 18.4 Å². The van der Waals surface area contributed by atoms with Gasteiger partial charge in [-0.2, -0.15) is 9.61 Å². The summed E-state index contributed by atoms with van der Waals surface area (Å²) in [4.78, 5) is 4.75. The number of aryl methyl sites for hydroxylation is 1. The van der Waals surface area contributed by atoms with Gasteiger partial charge in [0.15, 0.2) is 5.65 Å². The molecule has 0 bridgehead atoms. The van der Waals surface area contributed by atoms with E-state index >= 15 is 0 Å². The third-order valence-electron chi connectivity index (χ3n) is 4.01. The molecule has 1 aliphatic rings. The highest BCUT2D eigenvalue weighted by molar-refractivity contribution is 5.51. The van der Waals surface area contributed by atoms with Crippen molar-refractivity contribution in [3.8, 4) is 0 Å². The largest absolute Gasteiger partial charge is 0.366 e. The van der Waals surface area contributed by atoms with Gasteiger partial charge in [0.05, 0.1) is 5.69 Å². The molecule has 5 heteroatoms. The Kier molecular flexibility index (Phi) is 4.10. The summed E-state index contributed by atoms with van der Waals surface area (Å²) in [5, 5.41) is 11.8. The van der Waals surface area contributed by atoms with Crippen LogP contribution in [0.4, 0.5) is 5.82 Å². The third kappa shape index (κ3) is 3.02. The van der Waals surface area contributed by atoms with Crippen LogP contribution in [0, 0.1) is 0 Å². The minimum absolute atomic E-state index is 0.419. The Balaban J connectivity index is 2.00. The number of nitrogens with one attached hydrogen (secondary N) is 2. The molecule has 0 spiro atoms. The van der Waals surface area contributed by atoms with Crippen molar-refractivity contribution in [3.63, 3.8) is 0 Å². The van der Waals surface area contributed by atoms with Gasteiger partial charge in [0.1, 0.15) is 5.82 Å². The minimum atomic E-state index is 0.419. The zero-order valence-corrected chi connectivity index (χ0v) is 13.2. The lowest BCUT2D eigenvalue weighted by atomic mass is 10.1. The second kappa shape index (κ2) is 6.02. The average Bonchev–Trinajstić information content (AvgIpc) is 3.07. The van der Waals surface area contributed by atoms with Crippen LogP contribution < -0.4 is 10.6 Å². The van der Waals surface area contributed by atoms with Gasteiger partial charge in [-0.15, -0.1) is 0 Å². The fourth-order valence-corrected chi connectivity index (χ4v) is 2.80. The predicted molar refractivity (Wildman–Crippen MR) is 86.0 cm³/mol. The van der Waals surface area contributed by atoms with Crippen LogP contribution in [-0.2, 0) is 6.42 Å². The van der Waals surface area contributed by atoms with E-state index in [2.05, 4.69) is 43.5 Å². The molecule has 0 radical (unpaired) electrons. The molecule has 3 heterocycles. The summed E-state index contributed by atoms with van der Waals surface area (Å²) in [6, 6.07) is 4.75. The molecule has 2 aromatic rings. The molecule has 0 saturated carbocycles. The van der Waals surface area contributed by atoms with E-state index in [4.69, 9.17) is 10.1 Å². The number of nitrogens with zero attached hydrogens (tertiary/aromatic N) is 3. The summed E-state index contributed by atoms with van der Waals surface area (Å²) in [7, 11) is 0. The van der Waals surface area contributed by atoms with E-state index in [9.17, 15) is 0 Å². The Hall–Kier alpha value is -1.62. The molecule has 0 aliphatic carbocycles. The van der Waals surface area contributed by atoms with Gasteiger partial charge in [-0.05, 0) is 25.3 Å². The van der Waals surface area contributed by atoms with Crippen LogP contribution in [0.1, 0.15) is 50.9 Å². The Bertz CT molecular complexity index is 610. The Labute approximate surface area is 126 Å². The molecule has 21 heavy (non-hydrogen) atoms. The first-order chi connectivity index (χ1) is 10.2. The van der Waals surface area contributed by atoms with Crippen molar-refractivity contribution in [3.05, 3.63) is 23.5 Å². The third-order valence-corrected chi connectivity index (χ3v) is 4.01. The van der Waals surface area contributed by atoms with Gasteiger partial charge in [-0.25, -0.2) is 4.98 Å². The highest BCUT2D eigenvalue weighted by Crippen LogP contribution is 2.20. The SMILES string of the molecule is CCCc1cc(NC2CCNC2)n2nc(C(C)C)cc2n1. The summed E-state index contributed by atoms with van der Waals surface area (Å²) in [6.07, 6.45) is 3.28. The van der Waals surface area contributed by atoms with E-state index in [-0.39, 0.29) is 0 Å². The van der Waals surface area contributed by atoms with Crippen molar-refractivity contribution in [1.82, 2.24) is 19.9 Å². The van der Waals surface area contributed by atoms with Crippen LogP contribution in [0.25, 0.3) is 5.65 Å². The fourth-order valence-electron chi connectivity index (χ4n) is 2.80. The van der Waals surface area contributed by atoms with E-state index in [1.54, 1.807) is 0 Å². The maximum Gasteiger partial charge on any atom is 0.157 e. The van der Waals surface area contributed by atoms with Crippen LogP contribution in [0.5, 0.6) is 0 Å². The number of aromatic nitrogens is 3. The zero-order chi connectivity index (χ0) is 14.8. The molecule has 1 fully saturated rings. The normalized spacial score (nSPS) is 18.8. The Morgan fingerprint density at radius 1 is 1.43 bits per heavy atom. The van der Waals surface area contributed by atoms with E-state index < -0.39 is 0 Å². The molecule has 1 unspecified atom stereocenters. The molecular formula is C16H25N5. The monoisotopic (exact) mass is 287 g/mol. The Morgan fingerprint density at radius 3 is 2.95 bits per heavy atom. The first-order valence-electron chi connectivity index (χ1n) is 8.04. The van der Waals surface area contributed by atoms with E-state index in [1.165, 1.54) is 0 Å².